The van der Waals surface area contributed by atoms with E-state index in [1.807, 2.05) is 0 Å². The van der Waals surface area contributed by atoms with Gasteiger partial charge in [0.2, 0.25) is 5.88 Å². The Kier molecular flexibility index (Phi) is 1.05. The van der Waals surface area contributed by atoms with Crippen molar-refractivity contribution in [2.24, 2.45) is 0 Å². The Morgan fingerprint density at radius 2 is 2.12 bits per heavy atom. The summed E-state index contributed by atoms with van der Waals surface area (Å²) in [5.74, 6) is -0.224. The molecule has 0 fully saturated rings. The fourth-order valence-electron chi connectivity index (χ4n) is 0.365. The summed E-state index contributed by atoms with van der Waals surface area (Å²) < 4.78 is 0. The summed E-state index contributed by atoms with van der Waals surface area (Å²) in [4.78, 5) is 14.5. The van der Waals surface area contributed by atoms with E-state index in [0.717, 1.165) is 0 Å². The quantitative estimate of drug-likeness (QED) is 0.366. The molecule has 0 saturated heterocycles. The Balaban J connectivity index is 3.35. The summed E-state index contributed by atoms with van der Waals surface area (Å²) in [6.45, 7) is 0. The molecule has 0 aromatic carbocycles. The zero-order chi connectivity index (χ0) is 6.15. The maximum Gasteiger partial charge on any atom is 0.326 e. The number of aromatic amines is 2. The van der Waals surface area contributed by atoms with Crippen LogP contribution in [0.1, 0.15) is 0 Å². The highest BCUT2D eigenvalue weighted by Gasteiger charge is 1.96. The molecule has 0 aliphatic rings. The zero-order valence-electron chi connectivity index (χ0n) is 3.80. The van der Waals surface area contributed by atoms with E-state index in [-0.39, 0.29) is 10.9 Å². The molecule has 1 heterocycles. The van der Waals surface area contributed by atoms with Gasteiger partial charge in [-0.05, 0) is 0 Å². The minimum atomic E-state index is -0.451. The average Bonchev–Trinajstić information content (AvgIpc) is 1.85. The predicted octanol–water partition coefficient (Wildman–Crippen LogP) is -0.303. The third kappa shape index (κ3) is 0.717. The Labute approximate surface area is 50.0 Å². The first-order valence-corrected chi connectivity index (χ1v) is 2.35. The number of thiol groups is 1. The van der Waals surface area contributed by atoms with Gasteiger partial charge in [0.05, 0.1) is 0 Å². The van der Waals surface area contributed by atoms with E-state index in [4.69, 9.17) is 5.11 Å². The first-order valence-electron chi connectivity index (χ1n) is 1.90. The molecule has 0 saturated carbocycles. The van der Waals surface area contributed by atoms with Gasteiger partial charge >= 0.3 is 5.69 Å². The van der Waals surface area contributed by atoms with E-state index >= 15 is 0 Å². The molecule has 1 aromatic rings. The second kappa shape index (κ2) is 1.59. The molecule has 0 aliphatic heterocycles. The van der Waals surface area contributed by atoms with Crippen LogP contribution >= 0.6 is 12.6 Å². The minimum Gasteiger partial charge on any atom is -0.493 e. The summed E-state index contributed by atoms with van der Waals surface area (Å²) >= 11 is 3.68. The Hall–Kier alpha value is -0.840. The molecule has 1 aromatic heterocycles. The van der Waals surface area contributed by atoms with Crippen molar-refractivity contribution < 1.29 is 5.11 Å². The first-order chi connectivity index (χ1) is 3.70. The highest BCUT2D eigenvalue weighted by Crippen LogP contribution is 2.09. The van der Waals surface area contributed by atoms with E-state index in [9.17, 15) is 4.79 Å². The number of aromatic nitrogens is 2. The van der Waals surface area contributed by atoms with Gasteiger partial charge in [0.1, 0.15) is 5.03 Å². The van der Waals surface area contributed by atoms with Gasteiger partial charge in [-0.3, -0.25) is 9.97 Å². The normalized spacial score (nSPS) is 9.62. The molecule has 0 unspecified atom stereocenters. The van der Waals surface area contributed by atoms with Crippen LogP contribution in [0.3, 0.4) is 0 Å². The standard InChI is InChI=1S/C3H4N2O2S/c6-1-2(8)5-3(7)4-1/h6,8H,(H2,4,5,7). The molecule has 44 valence electrons. The Morgan fingerprint density at radius 3 is 2.25 bits per heavy atom. The van der Waals surface area contributed by atoms with E-state index in [0.29, 0.717) is 0 Å². The molecule has 0 amide bonds. The summed E-state index contributed by atoms with van der Waals surface area (Å²) in [7, 11) is 0. The molecule has 0 aliphatic carbocycles. The van der Waals surface area contributed by atoms with E-state index < -0.39 is 5.69 Å². The molecule has 1 rings (SSSR count). The molecule has 3 N–H and O–H groups in total. The van der Waals surface area contributed by atoms with Crippen molar-refractivity contribution in [1.82, 2.24) is 9.97 Å². The van der Waals surface area contributed by atoms with Crippen molar-refractivity contribution in [2.75, 3.05) is 0 Å². The molecule has 0 radical (unpaired) electrons. The molecule has 5 heteroatoms. The van der Waals surface area contributed by atoms with Crippen LogP contribution in [-0.2, 0) is 0 Å². The third-order valence-electron chi connectivity index (χ3n) is 0.688. The average molecular weight is 132 g/mol. The zero-order valence-corrected chi connectivity index (χ0v) is 4.70. The van der Waals surface area contributed by atoms with Crippen LogP contribution in [0, 0.1) is 0 Å². The molecule has 0 atom stereocenters. The largest absolute Gasteiger partial charge is 0.493 e. The van der Waals surface area contributed by atoms with Crippen molar-refractivity contribution in [1.29, 1.82) is 0 Å². The summed E-state index contributed by atoms with van der Waals surface area (Å²) in [5.41, 5.74) is -0.451. The van der Waals surface area contributed by atoms with Gasteiger partial charge in [-0.15, -0.1) is 12.6 Å². The van der Waals surface area contributed by atoms with Gasteiger partial charge in [0.25, 0.3) is 0 Å². The smallest absolute Gasteiger partial charge is 0.326 e. The topological polar surface area (TPSA) is 68.9 Å². The highest BCUT2D eigenvalue weighted by atomic mass is 32.1. The molecule has 4 nitrogen and oxygen atoms in total. The van der Waals surface area contributed by atoms with Gasteiger partial charge < -0.3 is 5.11 Å². The highest BCUT2D eigenvalue weighted by molar-refractivity contribution is 7.80. The number of hydrogen-bond acceptors (Lipinski definition) is 3. The second-order valence-corrected chi connectivity index (χ2v) is 1.72. The SMILES string of the molecule is O=c1[nH]c(O)c(S)[nH]1. The molecular weight excluding hydrogens is 128 g/mol. The fourth-order valence-corrected chi connectivity index (χ4v) is 0.522. The summed E-state index contributed by atoms with van der Waals surface area (Å²) in [5, 5.41) is 8.74. The van der Waals surface area contributed by atoms with Crippen molar-refractivity contribution in [2.45, 2.75) is 5.03 Å². The number of hydrogen-bond donors (Lipinski definition) is 4. The van der Waals surface area contributed by atoms with Crippen molar-refractivity contribution in [3.63, 3.8) is 0 Å². The van der Waals surface area contributed by atoms with E-state index in [2.05, 4.69) is 22.6 Å². The molecule has 0 spiro atoms. The number of aromatic hydroxyl groups is 1. The lowest BCUT2D eigenvalue weighted by Crippen LogP contribution is -1.99. The number of nitrogens with one attached hydrogen (secondary N) is 2. The lowest BCUT2D eigenvalue weighted by Gasteiger charge is -1.78. The molecule has 0 bridgehead atoms. The van der Waals surface area contributed by atoms with Crippen LogP contribution in [-0.4, -0.2) is 15.1 Å². The van der Waals surface area contributed by atoms with Gasteiger partial charge in [-0.25, -0.2) is 4.79 Å². The minimum absolute atomic E-state index is 0.162. The number of rotatable bonds is 0. The Morgan fingerprint density at radius 1 is 1.50 bits per heavy atom. The van der Waals surface area contributed by atoms with Gasteiger partial charge in [-0.2, -0.15) is 0 Å². The van der Waals surface area contributed by atoms with E-state index in [1.165, 1.54) is 0 Å². The monoisotopic (exact) mass is 132 g/mol. The van der Waals surface area contributed by atoms with Crippen molar-refractivity contribution in [3.05, 3.63) is 10.5 Å². The van der Waals surface area contributed by atoms with Gasteiger partial charge in [0, 0.05) is 0 Å². The fraction of sp³-hybridized carbons (Fsp3) is 0. The summed E-state index contributed by atoms with van der Waals surface area (Å²) in [6, 6.07) is 0. The van der Waals surface area contributed by atoms with Crippen LogP contribution in [0.15, 0.2) is 9.82 Å². The van der Waals surface area contributed by atoms with Gasteiger partial charge in [0.15, 0.2) is 0 Å². The lowest BCUT2D eigenvalue weighted by molar-refractivity contribution is 0.443. The van der Waals surface area contributed by atoms with Crippen LogP contribution in [0.5, 0.6) is 5.88 Å². The van der Waals surface area contributed by atoms with Crippen molar-refractivity contribution >= 4 is 12.6 Å². The predicted molar refractivity (Wildman–Crippen MR) is 30.3 cm³/mol. The third-order valence-corrected chi connectivity index (χ3v) is 1.01. The number of H-pyrrole nitrogens is 2. The molecular formula is C3H4N2O2S. The number of imidazole rings is 1. The van der Waals surface area contributed by atoms with Gasteiger partial charge in [-0.1, -0.05) is 0 Å². The van der Waals surface area contributed by atoms with Crippen LogP contribution in [0.4, 0.5) is 0 Å². The molecule has 8 heavy (non-hydrogen) atoms. The van der Waals surface area contributed by atoms with Crippen LogP contribution < -0.4 is 5.69 Å². The van der Waals surface area contributed by atoms with Crippen molar-refractivity contribution in [3.8, 4) is 5.88 Å². The maximum atomic E-state index is 10.2. The Bertz CT molecular complexity index is 215. The maximum absolute atomic E-state index is 10.2. The summed E-state index contributed by atoms with van der Waals surface area (Å²) in [6.07, 6.45) is 0. The van der Waals surface area contributed by atoms with E-state index in [1.54, 1.807) is 0 Å². The lowest BCUT2D eigenvalue weighted by atomic mass is 10.9. The first kappa shape index (κ1) is 5.30. The van der Waals surface area contributed by atoms with Crippen LogP contribution in [0.2, 0.25) is 0 Å². The van der Waals surface area contributed by atoms with Crippen LogP contribution in [0.25, 0.3) is 0 Å². The second-order valence-electron chi connectivity index (χ2n) is 1.28.